The number of aliphatic hydroxyl groups excluding tert-OH is 3. The second-order valence-electron chi connectivity index (χ2n) is 17.2. The Kier molecular flexibility index (Phi) is 13.0. The molecule has 0 aromatic rings. The quantitative estimate of drug-likeness (QED) is 0.182. The number of hydrogen-bond donors (Lipinski definition) is 6. The molecule has 0 radical (unpaired) electrons. The predicted octanol–water partition coefficient (Wildman–Crippen LogP) is 1.06. The van der Waals surface area contributed by atoms with E-state index in [4.69, 9.17) is 33.2 Å². The number of fused-ring (bicyclic) bond motifs is 2. The molecule has 0 aromatic heterocycles. The van der Waals surface area contributed by atoms with E-state index in [2.05, 4.69) is 0 Å². The van der Waals surface area contributed by atoms with Gasteiger partial charge >= 0.3 is 5.97 Å². The van der Waals surface area contributed by atoms with Gasteiger partial charge in [-0.15, -0.1) is 0 Å². The summed E-state index contributed by atoms with van der Waals surface area (Å²) >= 11 is 0. The van der Waals surface area contributed by atoms with E-state index in [9.17, 15) is 35.4 Å². The monoisotopic (exact) mass is 749 g/mol. The van der Waals surface area contributed by atoms with Gasteiger partial charge in [0.25, 0.3) is 0 Å². The third-order valence-electron chi connectivity index (χ3n) is 12.6. The summed E-state index contributed by atoms with van der Waals surface area (Å²) in [6.45, 7) is 16.2. The van der Waals surface area contributed by atoms with Gasteiger partial charge in [0, 0.05) is 31.9 Å². The van der Waals surface area contributed by atoms with Gasteiger partial charge in [-0.1, -0.05) is 20.8 Å². The van der Waals surface area contributed by atoms with Crippen molar-refractivity contribution in [3.8, 4) is 0 Å². The summed E-state index contributed by atoms with van der Waals surface area (Å²) in [5.41, 5.74) is -6.69. The molecule has 52 heavy (non-hydrogen) atoms. The molecule has 4 saturated heterocycles. The fourth-order valence-electron chi connectivity index (χ4n) is 9.22. The van der Waals surface area contributed by atoms with Crippen molar-refractivity contribution in [1.82, 2.24) is 4.90 Å². The summed E-state index contributed by atoms with van der Waals surface area (Å²) in [7, 11) is 5.19. The highest BCUT2D eigenvalue weighted by molar-refractivity contribution is 5.73. The van der Waals surface area contributed by atoms with E-state index in [0.29, 0.717) is 6.42 Å². The molecule has 0 amide bonds. The van der Waals surface area contributed by atoms with Crippen LogP contribution >= 0.6 is 0 Å². The lowest BCUT2D eigenvalue weighted by Gasteiger charge is -2.48. The first-order valence-corrected chi connectivity index (χ1v) is 18.8. The zero-order valence-corrected chi connectivity index (χ0v) is 33.3. The van der Waals surface area contributed by atoms with Gasteiger partial charge in [-0.05, 0) is 75.4 Å². The number of methoxy groups -OCH3 is 1. The first kappa shape index (κ1) is 43.7. The number of hydrogen-bond acceptors (Lipinski definition) is 15. The smallest absolute Gasteiger partial charge is 0.311 e. The molecule has 2 bridgehead atoms. The van der Waals surface area contributed by atoms with Crippen molar-refractivity contribution < 1.29 is 68.6 Å². The van der Waals surface area contributed by atoms with Crippen LogP contribution in [-0.4, -0.2) is 158 Å². The number of esters is 1. The molecule has 4 aliphatic heterocycles. The van der Waals surface area contributed by atoms with Crippen LogP contribution in [0.2, 0.25) is 0 Å². The van der Waals surface area contributed by atoms with Crippen molar-refractivity contribution in [3.63, 3.8) is 0 Å². The Hall–Kier alpha value is -1.05. The SMILES string of the molecule is CC[C@@H](O)[C@@](C)(O)[C@@H]1OC(=O)[C@H](C)[C@@H](O[C@H]2C[C@@](C)(OC)[C@@H](O)[C@H](C)O2)[C@H](C)[C@@H](O[C@@H]2O[C@H](C)C[C@H](N(C)C)[C@H]2O)[C@@]2(C)CC(C)(O)C(O)(O2)[C@@H]1C. The van der Waals surface area contributed by atoms with E-state index < -0.39 is 107 Å². The van der Waals surface area contributed by atoms with E-state index in [-0.39, 0.29) is 31.4 Å². The van der Waals surface area contributed by atoms with Crippen LogP contribution in [0.5, 0.6) is 0 Å². The zero-order chi connectivity index (χ0) is 39.5. The summed E-state index contributed by atoms with van der Waals surface area (Å²) < 4.78 is 44.1. The molecule has 19 atom stereocenters. The van der Waals surface area contributed by atoms with E-state index >= 15 is 0 Å². The third kappa shape index (κ3) is 7.82. The molecular formula is C37H67NO14. The second-order valence-corrected chi connectivity index (χ2v) is 17.2. The van der Waals surface area contributed by atoms with E-state index in [0.717, 1.165) is 0 Å². The van der Waals surface area contributed by atoms with Crippen LogP contribution in [0, 0.1) is 17.8 Å². The Balaban J connectivity index is 1.89. The summed E-state index contributed by atoms with van der Waals surface area (Å²) in [5, 5.41) is 69.7. The molecular weight excluding hydrogens is 682 g/mol. The van der Waals surface area contributed by atoms with Gasteiger partial charge in [-0.2, -0.15) is 0 Å². The van der Waals surface area contributed by atoms with Crippen molar-refractivity contribution in [2.45, 2.75) is 191 Å². The van der Waals surface area contributed by atoms with Gasteiger partial charge in [0.05, 0.1) is 53.6 Å². The van der Waals surface area contributed by atoms with Crippen molar-refractivity contribution in [2.24, 2.45) is 17.8 Å². The van der Waals surface area contributed by atoms with Gasteiger partial charge in [0.1, 0.15) is 29.5 Å². The molecule has 304 valence electrons. The van der Waals surface area contributed by atoms with Crippen LogP contribution < -0.4 is 0 Å². The number of aliphatic hydroxyl groups is 6. The van der Waals surface area contributed by atoms with Crippen LogP contribution in [-0.2, 0) is 38.0 Å². The first-order valence-electron chi connectivity index (χ1n) is 18.8. The topological polar surface area (TPSA) is 206 Å². The van der Waals surface area contributed by atoms with Gasteiger partial charge in [0.2, 0.25) is 5.79 Å². The molecule has 0 aromatic carbocycles. The molecule has 2 unspecified atom stereocenters. The lowest BCUT2D eigenvalue weighted by atomic mass is 9.72. The molecule has 15 nitrogen and oxygen atoms in total. The minimum absolute atomic E-state index is 0.0901. The van der Waals surface area contributed by atoms with Crippen molar-refractivity contribution in [3.05, 3.63) is 0 Å². The lowest BCUT2D eigenvalue weighted by molar-refractivity contribution is -0.347. The van der Waals surface area contributed by atoms with Crippen LogP contribution in [0.25, 0.3) is 0 Å². The summed E-state index contributed by atoms with van der Waals surface area (Å²) in [4.78, 5) is 16.2. The maximum Gasteiger partial charge on any atom is 0.311 e. The number of nitrogens with zero attached hydrogens (tertiary/aromatic N) is 1. The number of carbonyl (C=O) groups is 1. The molecule has 4 rings (SSSR count). The number of cyclic esters (lactones) is 1. The highest BCUT2D eigenvalue weighted by Crippen LogP contribution is 2.54. The highest BCUT2D eigenvalue weighted by atomic mass is 16.7. The zero-order valence-electron chi connectivity index (χ0n) is 33.3. The molecule has 4 fully saturated rings. The van der Waals surface area contributed by atoms with Gasteiger partial charge in [0.15, 0.2) is 12.6 Å². The van der Waals surface area contributed by atoms with Crippen molar-refractivity contribution >= 4 is 5.97 Å². The van der Waals surface area contributed by atoms with Crippen LogP contribution in [0.3, 0.4) is 0 Å². The largest absolute Gasteiger partial charge is 0.458 e. The summed E-state index contributed by atoms with van der Waals surface area (Å²) in [6, 6.07) is -0.326. The van der Waals surface area contributed by atoms with Crippen LogP contribution in [0.4, 0.5) is 0 Å². The Morgan fingerprint density at radius 3 is 2.21 bits per heavy atom. The van der Waals surface area contributed by atoms with Crippen molar-refractivity contribution in [1.29, 1.82) is 0 Å². The van der Waals surface area contributed by atoms with E-state index in [1.54, 1.807) is 41.5 Å². The third-order valence-corrected chi connectivity index (χ3v) is 12.6. The fourth-order valence-corrected chi connectivity index (χ4v) is 9.22. The molecule has 0 saturated carbocycles. The number of likely N-dealkylation sites (N-methyl/N-ethyl adjacent to an activating group) is 1. The Morgan fingerprint density at radius 2 is 1.65 bits per heavy atom. The molecule has 0 spiro atoms. The number of carbonyl (C=O) groups excluding carboxylic acids is 1. The Labute approximate surface area is 308 Å². The Bertz CT molecular complexity index is 1240. The summed E-state index contributed by atoms with van der Waals surface area (Å²) in [6.07, 6.45) is -9.90. The molecule has 6 N–H and O–H groups in total. The van der Waals surface area contributed by atoms with Gasteiger partial charge in [-0.3, -0.25) is 4.79 Å². The number of rotatable bonds is 9. The molecule has 15 heteroatoms. The Morgan fingerprint density at radius 1 is 1.04 bits per heavy atom. The standard InChI is InChI=1S/C37H67NO14/c1-14-24(39)36(10,44)30-21(5)37(45)35(9,43)17-34(8,52-37)29(51-32-26(40)23(38(11)12)15-18(2)47-32)19(3)27(20(4)31(42)50-30)49-25-16-33(7,46-13)28(41)22(6)48-25/h18-30,32,39-41,43-45H,14-17H2,1-13H3/t18-,19+,20-,21-,22+,23+,24-,25+,26-,27+,28+,29-,30-,32+,33-,34-,35?,36-,37?/m1/s1. The number of ether oxygens (including phenoxy) is 7. The molecule has 4 aliphatic rings. The van der Waals surface area contributed by atoms with Gasteiger partial charge < -0.3 is 68.7 Å². The minimum atomic E-state index is -2.45. The maximum atomic E-state index is 14.3. The van der Waals surface area contributed by atoms with E-state index in [1.165, 1.54) is 27.9 Å². The normalized spacial score (nSPS) is 51.0. The maximum absolute atomic E-state index is 14.3. The second kappa shape index (κ2) is 15.5. The van der Waals surface area contributed by atoms with Gasteiger partial charge in [-0.25, -0.2) is 0 Å². The molecule has 0 aliphatic carbocycles. The summed E-state index contributed by atoms with van der Waals surface area (Å²) in [5.74, 6) is -6.46. The van der Waals surface area contributed by atoms with Crippen molar-refractivity contribution in [2.75, 3.05) is 21.2 Å². The van der Waals surface area contributed by atoms with Crippen LogP contribution in [0.15, 0.2) is 0 Å². The predicted molar refractivity (Wildman–Crippen MR) is 187 cm³/mol. The molecule has 4 heterocycles. The average molecular weight is 750 g/mol. The van der Waals surface area contributed by atoms with E-state index in [1.807, 2.05) is 25.9 Å². The first-order chi connectivity index (χ1) is 23.8. The van der Waals surface area contributed by atoms with Crippen LogP contribution in [0.1, 0.15) is 94.9 Å². The minimum Gasteiger partial charge on any atom is -0.458 e. The highest BCUT2D eigenvalue weighted by Gasteiger charge is 2.69. The average Bonchev–Trinajstić information content (AvgIpc) is 3.26. The fraction of sp³-hybridized carbons (Fsp3) is 0.973. The lowest BCUT2D eigenvalue weighted by Crippen LogP contribution is -2.64.